The number of hydrogen-bond acceptors (Lipinski definition) is 7. The largest absolute Gasteiger partial charge is 0.485 e. The highest BCUT2D eigenvalue weighted by atomic mass is 16.5. The van der Waals surface area contributed by atoms with Crippen molar-refractivity contribution in [2.24, 2.45) is 0 Å². The Balaban J connectivity index is 1.28. The molecule has 0 bridgehead atoms. The van der Waals surface area contributed by atoms with Gasteiger partial charge in [0.1, 0.15) is 17.4 Å². The second-order valence-electron chi connectivity index (χ2n) is 10.8. The Kier molecular flexibility index (Phi) is 8.09. The van der Waals surface area contributed by atoms with Crippen molar-refractivity contribution in [1.29, 1.82) is 0 Å². The summed E-state index contributed by atoms with van der Waals surface area (Å²) in [6, 6.07) is 15.9. The van der Waals surface area contributed by atoms with Gasteiger partial charge in [-0.15, -0.1) is 0 Å². The van der Waals surface area contributed by atoms with Gasteiger partial charge in [0.25, 0.3) is 5.91 Å². The molecule has 212 valence electrons. The zero-order valence-corrected chi connectivity index (χ0v) is 23.3. The number of pyridine rings is 2. The summed E-state index contributed by atoms with van der Waals surface area (Å²) in [4.78, 5) is 33.6. The van der Waals surface area contributed by atoms with E-state index in [2.05, 4.69) is 20.5 Å². The zero-order chi connectivity index (χ0) is 28.2. The number of aryl methyl sites for hydroxylation is 1. The molecule has 1 fully saturated rings. The van der Waals surface area contributed by atoms with E-state index >= 15 is 0 Å². The molecule has 0 spiro atoms. The van der Waals surface area contributed by atoms with Crippen LogP contribution < -0.4 is 20.8 Å². The van der Waals surface area contributed by atoms with Crippen molar-refractivity contribution in [3.8, 4) is 5.75 Å². The van der Waals surface area contributed by atoms with Gasteiger partial charge >= 0.3 is 0 Å². The number of amides is 1. The van der Waals surface area contributed by atoms with Crippen molar-refractivity contribution in [2.45, 2.75) is 39.2 Å². The van der Waals surface area contributed by atoms with Crippen LogP contribution in [0.15, 0.2) is 71.9 Å². The predicted octanol–water partition coefficient (Wildman–Crippen LogP) is 3.02. The molecule has 1 saturated heterocycles. The van der Waals surface area contributed by atoms with Crippen molar-refractivity contribution in [2.75, 3.05) is 32.8 Å². The Labute approximate surface area is 239 Å². The normalized spacial score (nSPS) is 16.9. The van der Waals surface area contributed by atoms with Crippen molar-refractivity contribution >= 4 is 16.8 Å². The van der Waals surface area contributed by atoms with Gasteiger partial charge in [-0.2, -0.15) is 0 Å². The van der Waals surface area contributed by atoms with Gasteiger partial charge in [-0.25, -0.2) is 0 Å². The molecule has 0 radical (unpaired) electrons. The van der Waals surface area contributed by atoms with Crippen LogP contribution in [-0.2, 0) is 30.9 Å². The second-order valence-corrected chi connectivity index (χ2v) is 10.8. The van der Waals surface area contributed by atoms with Gasteiger partial charge in [0.15, 0.2) is 0 Å². The standard InChI is InChI=1S/C32H35N5O4/c1-22-4-6-23(7-5-22)17-35-32(39)28-21-37-20-26(18-34-16-24-3-2-8-33-15-24)41-29-14-25(13-27(30(29)37)31(28)38)19-36-9-11-40-12-10-36/h2-8,13-15,21,26,34H,9-12,16-20H2,1H3,(H,35,39). The monoisotopic (exact) mass is 553 g/mol. The molecule has 2 aromatic carbocycles. The molecule has 41 heavy (non-hydrogen) atoms. The van der Waals surface area contributed by atoms with E-state index in [0.29, 0.717) is 57.1 Å². The van der Waals surface area contributed by atoms with Gasteiger partial charge in [0, 0.05) is 57.9 Å². The van der Waals surface area contributed by atoms with Crippen molar-refractivity contribution in [3.05, 3.63) is 105 Å². The first kappa shape index (κ1) is 27.1. The molecule has 2 aliphatic rings. The minimum Gasteiger partial charge on any atom is -0.485 e. The van der Waals surface area contributed by atoms with Gasteiger partial charge in [0.2, 0.25) is 5.43 Å². The molecule has 2 aromatic heterocycles. The van der Waals surface area contributed by atoms with E-state index in [9.17, 15) is 9.59 Å². The lowest BCUT2D eigenvalue weighted by Gasteiger charge is -2.30. The van der Waals surface area contributed by atoms with Gasteiger partial charge in [0.05, 0.1) is 30.7 Å². The van der Waals surface area contributed by atoms with Crippen molar-refractivity contribution in [3.63, 3.8) is 0 Å². The van der Waals surface area contributed by atoms with E-state index in [1.54, 1.807) is 12.4 Å². The van der Waals surface area contributed by atoms with E-state index in [-0.39, 0.29) is 23.0 Å². The van der Waals surface area contributed by atoms with E-state index in [0.717, 1.165) is 40.9 Å². The van der Waals surface area contributed by atoms with Crippen LogP contribution in [0.3, 0.4) is 0 Å². The molecule has 4 aromatic rings. The number of nitrogens with zero attached hydrogens (tertiary/aromatic N) is 3. The SMILES string of the molecule is Cc1ccc(CNC(=O)c2cn3c4c(cc(CN5CCOCC5)cc4c2=O)OC(CNCc2cccnc2)C3)cc1. The third kappa shape index (κ3) is 6.32. The Bertz CT molecular complexity index is 1580. The van der Waals surface area contributed by atoms with Crippen molar-refractivity contribution in [1.82, 2.24) is 25.1 Å². The summed E-state index contributed by atoms with van der Waals surface area (Å²) < 4.78 is 14.0. The van der Waals surface area contributed by atoms with E-state index < -0.39 is 0 Å². The van der Waals surface area contributed by atoms with E-state index in [4.69, 9.17) is 9.47 Å². The molecule has 1 unspecified atom stereocenters. The third-order valence-electron chi connectivity index (χ3n) is 7.64. The average Bonchev–Trinajstić information content (AvgIpc) is 2.99. The number of nitrogens with one attached hydrogen (secondary N) is 2. The van der Waals surface area contributed by atoms with Gasteiger partial charge < -0.3 is 24.7 Å². The van der Waals surface area contributed by atoms with Crippen molar-refractivity contribution < 1.29 is 14.3 Å². The minimum absolute atomic E-state index is 0.142. The maximum Gasteiger partial charge on any atom is 0.257 e. The summed E-state index contributed by atoms with van der Waals surface area (Å²) in [6.45, 7) is 7.91. The minimum atomic E-state index is -0.376. The Morgan fingerprint density at radius 2 is 1.88 bits per heavy atom. The number of ether oxygens (including phenoxy) is 2. The first-order valence-electron chi connectivity index (χ1n) is 14.1. The number of rotatable bonds is 9. The quantitative estimate of drug-likeness (QED) is 0.329. The maximum atomic E-state index is 13.7. The Morgan fingerprint density at radius 1 is 1.05 bits per heavy atom. The van der Waals surface area contributed by atoms with Crippen LogP contribution >= 0.6 is 0 Å². The summed E-state index contributed by atoms with van der Waals surface area (Å²) in [6.07, 6.45) is 5.12. The van der Waals surface area contributed by atoms with Crippen LogP contribution in [0.5, 0.6) is 5.75 Å². The molecule has 0 aliphatic carbocycles. The van der Waals surface area contributed by atoms with Gasteiger partial charge in [-0.3, -0.25) is 19.5 Å². The molecule has 1 atom stereocenters. The molecule has 9 heteroatoms. The molecular weight excluding hydrogens is 518 g/mol. The van der Waals surface area contributed by atoms with Crippen LogP contribution in [0, 0.1) is 6.92 Å². The first-order chi connectivity index (χ1) is 20.0. The average molecular weight is 554 g/mol. The maximum absolute atomic E-state index is 13.7. The molecule has 2 aliphatic heterocycles. The number of benzene rings is 2. The van der Waals surface area contributed by atoms with Gasteiger partial charge in [-0.05, 0) is 41.8 Å². The molecule has 2 N–H and O–H groups in total. The molecule has 0 saturated carbocycles. The lowest BCUT2D eigenvalue weighted by Crippen LogP contribution is -2.39. The summed E-state index contributed by atoms with van der Waals surface area (Å²) in [7, 11) is 0. The smallest absolute Gasteiger partial charge is 0.257 e. The van der Waals surface area contributed by atoms with Crippen LogP contribution in [0.4, 0.5) is 0 Å². The highest BCUT2D eigenvalue weighted by Gasteiger charge is 2.26. The fourth-order valence-corrected chi connectivity index (χ4v) is 5.47. The lowest BCUT2D eigenvalue weighted by molar-refractivity contribution is 0.0341. The van der Waals surface area contributed by atoms with Crippen LogP contribution in [0.2, 0.25) is 0 Å². The summed E-state index contributed by atoms with van der Waals surface area (Å²) in [5.74, 6) is 0.299. The first-order valence-corrected chi connectivity index (χ1v) is 14.1. The molecule has 9 nitrogen and oxygen atoms in total. The number of carbonyl (C=O) groups excluding carboxylic acids is 1. The highest BCUT2D eigenvalue weighted by molar-refractivity contribution is 5.98. The third-order valence-corrected chi connectivity index (χ3v) is 7.64. The Hall–Kier alpha value is -4.05. The topological polar surface area (TPSA) is 97.7 Å². The lowest BCUT2D eigenvalue weighted by atomic mass is 10.0. The number of hydrogen-bond donors (Lipinski definition) is 2. The van der Waals surface area contributed by atoms with E-state index in [1.807, 2.05) is 66.2 Å². The second kappa shape index (κ2) is 12.2. The summed E-state index contributed by atoms with van der Waals surface area (Å²) in [5, 5.41) is 6.92. The van der Waals surface area contributed by atoms with E-state index in [1.165, 1.54) is 0 Å². The van der Waals surface area contributed by atoms with Crippen LogP contribution in [-0.4, -0.2) is 59.3 Å². The fraction of sp³-hybridized carbons (Fsp3) is 0.344. The molecular formula is C32H35N5O4. The summed E-state index contributed by atoms with van der Waals surface area (Å²) >= 11 is 0. The Morgan fingerprint density at radius 3 is 2.66 bits per heavy atom. The van der Waals surface area contributed by atoms with Crippen LogP contribution in [0.25, 0.3) is 10.9 Å². The fourth-order valence-electron chi connectivity index (χ4n) is 5.47. The highest BCUT2D eigenvalue weighted by Crippen LogP contribution is 2.32. The number of carbonyl (C=O) groups is 1. The predicted molar refractivity (Wildman–Crippen MR) is 157 cm³/mol. The van der Waals surface area contributed by atoms with Crippen LogP contribution in [0.1, 0.15) is 32.6 Å². The van der Waals surface area contributed by atoms with Gasteiger partial charge in [-0.1, -0.05) is 35.9 Å². The molecule has 6 rings (SSSR count). The summed E-state index contributed by atoms with van der Waals surface area (Å²) in [5.41, 5.74) is 4.81. The number of morpholine rings is 1. The number of aromatic nitrogens is 2. The zero-order valence-electron chi connectivity index (χ0n) is 23.3. The molecule has 1 amide bonds. The molecule has 4 heterocycles.